The summed E-state index contributed by atoms with van der Waals surface area (Å²) >= 11 is 12.2. The molecule has 6 heteroatoms. The van der Waals surface area contributed by atoms with Crippen molar-refractivity contribution in [1.29, 1.82) is 0 Å². The van der Waals surface area contributed by atoms with Crippen molar-refractivity contribution >= 4 is 29.1 Å². The fraction of sp³-hybridized carbons (Fsp3) is 0.611. The van der Waals surface area contributed by atoms with Crippen molar-refractivity contribution in [3.05, 3.63) is 33.8 Å². The predicted molar refractivity (Wildman–Crippen MR) is 96.4 cm³/mol. The summed E-state index contributed by atoms with van der Waals surface area (Å²) in [5.74, 6) is 0.290. The molecule has 0 aliphatic carbocycles. The highest BCUT2D eigenvalue weighted by atomic mass is 35.5. The Morgan fingerprint density at radius 2 is 2.04 bits per heavy atom. The molecule has 1 N–H and O–H groups in total. The number of carbonyl (C=O) groups is 1. The van der Waals surface area contributed by atoms with Crippen molar-refractivity contribution in [2.45, 2.75) is 38.3 Å². The lowest BCUT2D eigenvalue weighted by molar-refractivity contribution is -0.127. The van der Waals surface area contributed by atoms with Crippen molar-refractivity contribution in [2.24, 2.45) is 5.92 Å². The Kier molecular flexibility index (Phi) is 6.39. The van der Waals surface area contributed by atoms with Gasteiger partial charge in [-0.3, -0.25) is 9.69 Å². The lowest BCUT2D eigenvalue weighted by Gasteiger charge is -2.31. The van der Waals surface area contributed by atoms with Gasteiger partial charge in [0.05, 0.1) is 6.10 Å². The van der Waals surface area contributed by atoms with E-state index >= 15 is 0 Å². The van der Waals surface area contributed by atoms with Gasteiger partial charge >= 0.3 is 0 Å². The number of hydrogen-bond acceptors (Lipinski definition) is 3. The fourth-order valence-corrected chi connectivity index (χ4v) is 3.88. The number of hydrogen-bond donors (Lipinski definition) is 1. The molecule has 1 atom stereocenters. The number of halogens is 2. The van der Waals surface area contributed by atoms with E-state index in [4.69, 9.17) is 27.9 Å². The van der Waals surface area contributed by atoms with Crippen molar-refractivity contribution in [1.82, 2.24) is 10.2 Å². The van der Waals surface area contributed by atoms with Crippen molar-refractivity contribution < 1.29 is 9.53 Å². The number of amides is 1. The van der Waals surface area contributed by atoms with Crippen molar-refractivity contribution in [3.63, 3.8) is 0 Å². The van der Waals surface area contributed by atoms with E-state index in [1.807, 2.05) is 12.1 Å². The fourth-order valence-electron chi connectivity index (χ4n) is 3.41. The molecule has 24 heavy (non-hydrogen) atoms. The molecule has 1 amide bonds. The largest absolute Gasteiger partial charge is 0.376 e. The van der Waals surface area contributed by atoms with Gasteiger partial charge in [0.15, 0.2) is 0 Å². The molecule has 2 fully saturated rings. The Balaban J connectivity index is 1.42. The molecule has 2 saturated heterocycles. The van der Waals surface area contributed by atoms with E-state index in [1.165, 1.54) is 0 Å². The highest BCUT2D eigenvalue weighted by Crippen LogP contribution is 2.25. The van der Waals surface area contributed by atoms with E-state index in [0.717, 1.165) is 57.5 Å². The van der Waals surface area contributed by atoms with Crippen molar-refractivity contribution in [3.8, 4) is 0 Å². The topological polar surface area (TPSA) is 41.6 Å². The minimum atomic E-state index is 0.114. The lowest BCUT2D eigenvalue weighted by atomic mass is 9.95. The summed E-state index contributed by atoms with van der Waals surface area (Å²) in [4.78, 5) is 14.6. The second kappa shape index (κ2) is 8.52. The first kappa shape index (κ1) is 18.0. The van der Waals surface area contributed by atoms with Gasteiger partial charge in [0.2, 0.25) is 5.91 Å². The molecular formula is C18H24Cl2N2O2. The summed E-state index contributed by atoms with van der Waals surface area (Å²) in [6, 6.07) is 5.63. The molecule has 2 aliphatic heterocycles. The van der Waals surface area contributed by atoms with Gasteiger partial charge < -0.3 is 10.1 Å². The zero-order valence-corrected chi connectivity index (χ0v) is 15.3. The second-order valence-electron chi connectivity index (χ2n) is 6.67. The molecule has 1 aromatic carbocycles. The standard InChI is InChI=1S/C18H24Cl2N2O2/c19-15-4-3-14(17(20)10-15)12-22-7-5-13(6-8-22)18(23)21-11-16-2-1-9-24-16/h3-4,10,13,16H,1-2,5-9,11-12H2,(H,21,23). The minimum absolute atomic E-state index is 0.114. The number of benzene rings is 1. The summed E-state index contributed by atoms with van der Waals surface area (Å²) in [5, 5.41) is 4.42. The van der Waals surface area contributed by atoms with Gasteiger partial charge in [0.1, 0.15) is 0 Å². The number of nitrogens with zero attached hydrogens (tertiary/aromatic N) is 1. The molecule has 2 aliphatic rings. The number of piperidine rings is 1. The summed E-state index contributed by atoms with van der Waals surface area (Å²) in [7, 11) is 0. The Bertz CT molecular complexity index is 568. The maximum atomic E-state index is 12.3. The smallest absolute Gasteiger partial charge is 0.223 e. The van der Waals surface area contributed by atoms with Gasteiger partial charge in [0, 0.05) is 35.7 Å². The molecule has 2 heterocycles. The van der Waals surface area contributed by atoms with Gasteiger partial charge in [-0.05, 0) is 56.5 Å². The lowest BCUT2D eigenvalue weighted by Crippen LogP contribution is -2.42. The molecule has 1 unspecified atom stereocenters. The highest BCUT2D eigenvalue weighted by Gasteiger charge is 2.26. The summed E-state index contributed by atoms with van der Waals surface area (Å²) < 4.78 is 5.55. The van der Waals surface area contributed by atoms with Crippen LogP contribution in [-0.2, 0) is 16.1 Å². The van der Waals surface area contributed by atoms with Crippen LogP contribution in [-0.4, -0.2) is 43.2 Å². The molecule has 1 aromatic rings. The van der Waals surface area contributed by atoms with Crippen LogP contribution in [0.25, 0.3) is 0 Å². The Labute approximate surface area is 153 Å². The van der Waals surface area contributed by atoms with E-state index in [-0.39, 0.29) is 17.9 Å². The first-order valence-electron chi connectivity index (χ1n) is 8.67. The third kappa shape index (κ3) is 4.85. The Hall–Kier alpha value is -0.810. The molecule has 0 spiro atoms. The quantitative estimate of drug-likeness (QED) is 0.862. The molecule has 0 bridgehead atoms. The van der Waals surface area contributed by atoms with Gasteiger partial charge in [-0.1, -0.05) is 29.3 Å². The van der Waals surface area contributed by atoms with Crippen LogP contribution in [0.2, 0.25) is 10.0 Å². The highest BCUT2D eigenvalue weighted by molar-refractivity contribution is 6.35. The van der Waals surface area contributed by atoms with Crippen LogP contribution in [0.3, 0.4) is 0 Å². The normalized spacial score (nSPS) is 22.7. The first-order chi connectivity index (χ1) is 11.6. The molecule has 3 rings (SSSR count). The van der Waals surface area contributed by atoms with Crippen LogP contribution in [0.4, 0.5) is 0 Å². The van der Waals surface area contributed by atoms with E-state index in [9.17, 15) is 4.79 Å². The van der Waals surface area contributed by atoms with E-state index in [1.54, 1.807) is 6.07 Å². The molecule has 0 radical (unpaired) electrons. The van der Waals surface area contributed by atoms with Crippen LogP contribution >= 0.6 is 23.2 Å². The van der Waals surface area contributed by atoms with Crippen LogP contribution < -0.4 is 5.32 Å². The average Bonchev–Trinajstić information content (AvgIpc) is 3.09. The third-order valence-corrected chi connectivity index (χ3v) is 5.48. The second-order valence-corrected chi connectivity index (χ2v) is 7.51. The van der Waals surface area contributed by atoms with E-state index in [2.05, 4.69) is 10.2 Å². The Morgan fingerprint density at radius 1 is 1.25 bits per heavy atom. The predicted octanol–water partition coefficient (Wildman–Crippen LogP) is 3.50. The number of likely N-dealkylation sites (tertiary alicyclic amines) is 1. The molecule has 0 aromatic heterocycles. The number of nitrogens with one attached hydrogen (secondary N) is 1. The van der Waals surface area contributed by atoms with Crippen LogP contribution in [0.5, 0.6) is 0 Å². The van der Waals surface area contributed by atoms with Crippen LogP contribution in [0.1, 0.15) is 31.2 Å². The van der Waals surface area contributed by atoms with Crippen LogP contribution in [0, 0.1) is 5.92 Å². The maximum Gasteiger partial charge on any atom is 0.223 e. The zero-order chi connectivity index (χ0) is 16.9. The van der Waals surface area contributed by atoms with E-state index < -0.39 is 0 Å². The third-order valence-electron chi connectivity index (χ3n) is 4.90. The zero-order valence-electron chi connectivity index (χ0n) is 13.8. The van der Waals surface area contributed by atoms with Gasteiger partial charge in [-0.15, -0.1) is 0 Å². The molecule has 0 saturated carbocycles. The minimum Gasteiger partial charge on any atom is -0.376 e. The van der Waals surface area contributed by atoms with E-state index in [0.29, 0.717) is 16.6 Å². The molecular weight excluding hydrogens is 347 g/mol. The number of ether oxygens (including phenoxy) is 1. The summed E-state index contributed by atoms with van der Waals surface area (Å²) in [6.07, 6.45) is 4.15. The first-order valence-corrected chi connectivity index (χ1v) is 9.43. The van der Waals surface area contributed by atoms with Crippen LogP contribution in [0.15, 0.2) is 18.2 Å². The van der Waals surface area contributed by atoms with Gasteiger partial charge in [-0.2, -0.15) is 0 Å². The Morgan fingerprint density at radius 3 is 2.71 bits per heavy atom. The summed E-state index contributed by atoms with van der Waals surface area (Å²) in [5.41, 5.74) is 1.09. The monoisotopic (exact) mass is 370 g/mol. The van der Waals surface area contributed by atoms with Gasteiger partial charge in [-0.25, -0.2) is 0 Å². The maximum absolute atomic E-state index is 12.3. The SMILES string of the molecule is O=C(NCC1CCCO1)C1CCN(Cc2ccc(Cl)cc2Cl)CC1. The van der Waals surface area contributed by atoms with Gasteiger partial charge in [0.25, 0.3) is 0 Å². The average molecular weight is 371 g/mol. The number of rotatable bonds is 5. The molecule has 132 valence electrons. The summed E-state index contributed by atoms with van der Waals surface area (Å²) in [6.45, 7) is 4.11. The number of carbonyl (C=O) groups excluding carboxylic acids is 1. The molecule has 4 nitrogen and oxygen atoms in total. The van der Waals surface area contributed by atoms with Crippen molar-refractivity contribution in [2.75, 3.05) is 26.2 Å².